The average Bonchev–Trinajstić information content (AvgIpc) is 2.64. The first-order valence-corrected chi connectivity index (χ1v) is 9.02. The summed E-state index contributed by atoms with van der Waals surface area (Å²) in [6.45, 7) is 6.24. The number of nitrogens with one attached hydrogen (secondary N) is 1. The van der Waals surface area contributed by atoms with E-state index in [0.717, 1.165) is 28.0 Å². The maximum atomic E-state index is 12.7. The van der Waals surface area contributed by atoms with Crippen LogP contribution in [0.25, 0.3) is 0 Å². The van der Waals surface area contributed by atoms with Crippen molar-refractivity contribution in [3.8, 4) is 5.75 Å². The fourth-order valence-electron chi connectivity index (χ4n) is 2.87. The molecule has 2 aromatic carbocycles. The van der Waals surface area contributed by atoms with Gasteiger partial charge in [0.1, 0.15) is 12.4 Å². The van der Waals surface area contributed by atoms with Crippen LogP contribution in [0, 0.1) is 20.8 Å². The molecule has 0 saturated heterocycles. The lowest BCUT2D eigenvalue weighted by Gasteiger charge is -2.15. The standard InChI is InChI=1S/C22H21ClN2O2/c1-14-6-7-19(23)11-20(14)25-22(26)18-9-15(2)21(16(3)10-18)27-13-17-5-4-8-24-12-17/h4-12H,13H2,1-3H3,(H,25,26). The molecule has 0 saturated carbocycles. The quantitative estimate of drug-likeness (QED) is 0.636. The fourth-order valence-corrected chi connectivity index (χ4v) is 3.04. The molecule has 1 N–H and O–H groups in total. The summed E-state index contributed by atoms with van der Waals surface area (Å²) in [5, 5.41) is 3.51. The van der Waals surface area contributed by atoms with Crippen LogP contribution in [0.5, 0.6) is 5.75 Å². The van der Waals surface area contributed by atoms with Gasteiger partial charge in [-0.1, -0.05) is 23.7 Å². The summed E-state index contributed by atoms with van der Waals surface area (Å²) in [6, 6.07) is 12.9. The van der Waals surface area contributed by atoms with E-state index in [0.29, 0.717) is 22.9 Å². The first-order valence-electron chi connectivity index (χ1n) is 8.64. The van der Waals surface area contributed by atoms with Gasteiger partial charge in [0.05, 0.1) is 0 Å². The maximum absolute atomic E-state index is 12.7. The number of ether oxygens (including phenoxy) is 1. The molecule has 0 spiro atoms. The Hall–Kier alpha value is -2.85. The number of nitrogens with zero attached hydrogens (tertiary/aromatic N) is 1. The number of aromatic nitrogens is 1. The molecule has 138 valence electrons. The molecule has 0 aliphatic heterocycles. The highest BCUT2D eigenvalue weighted by atomic mass is 35.5. The second-order valence-electron chi connectivity index (χ2n) is 6.50. The molecule has 1 heterocycles. The van der Waals surface area contributed by atoms with Gasteiger partial charge in [-0.2, -0.15) is 0 Å². The Morgan fingerprint density at radius 2 is 1.81 bits per heavy atom. The van der Waals surface area contributed by atoms with Crippen molar-refractivity contribution in [1.82, 2.24) is 4.98 Å². The van der Waals surface area contributed by atoms with Crippen molar-refractivity contribution in [2.75, 3.05) is 5.32 Å². The Balaban J connectivity index is 1.77. The number of anilines is 1. The van der Waals surface area contributed by atoms with Gasteiger partial charge in [-0.05, 0) is 67.8 Å². The van der Waals surface area contributed by atoms with Gasteiger partial charge in [0, 0.05) is 34.2 Å². The number of carbonyl (C=O) groups excluding carboxylic acids is 1. The molecule has 0 aliphatic carbocycles. The first kappa shape index (κ1) is 18.9. The molecule has 0 atom stereocenters. The summed E-state index contributed by atoms with van der Waals surface area (Å²) in [5.74, 6) is 0.611. The number of benzene rings is 2. The van der Waals surface area contributed by atoms with Crippen molar-refractivity contribution in [2.24, 2.45) is 0 Å². The first-order chi connectivity index (χ1) is 12.9. The molecular weight excluding hydrogens is 360 g/mol. The summed E-state index contributed by atoms with van der Waals surface area (Å²) >= 11 is 6.03. The number of amides is 1. The highest BCUT2D eigenvalue weighted by Crippen LogP contribution is 2.27. The zero-order valence-electron chi connectivity index (χ0n) is 15.5. The summed E-state index contributed by atoms with van der Waals surface area (Å²) in [4.78, 5) is 16.8. The van der Waals surface area contributed by atoms with E-state index in [1.807, 2.05) is 51.1 Å². The van der Waals surface area contributed by atoms with E-state index >= 15 is 0 Å². The molecule has 5 heteroatoms. The van der Waals surface area contributed by atoms with Crippen LogP contribution >= 0.6 is 11.6 Å². The normalized spacial score (nSPS) is 10.5. The number of carbonyl (C=O) groups is 1. The molecule has 0 bridgehead atoms. The molecule has 0 unspecified atom stereocenters. The predicted octanol–water partition coefficient (Wildman–Crippen LogP) is 5.49. The highest BCUT2D eigenvalue weighted by molar-refractivity contribution is 6.31. The third-order valence-electron chi connectivity index (χ3n) is 4.28. The molecule has 1 amide bonds. The van der Waals surface area contributed by atoms with Gasteiger partial charge in [-0.3, -0.25) is 9.78 Å². The molecule has 0 aliphatic rings. The van der Waals surface area contributed by atoms with Crippen LogP contribution in [-0.4, -0.2) is 10.9 Å². The van der Waals surface area contributed by atoms with Gasteiger partial charge in [0.25, 0.3) is 5.91 Å². The lowest BCUT2D eigenvalue weighted by molar-refractivity contribution is 0.102. The van der Waals surface area contributed by atoms with Crippen LogP contribution in [0.2, 0.25) is 5.02 Å². The summed E-state index contributed by atoms with van der Waals surface area (Å²) in [5.41, 5.74) is 5.06. The monoisotopic (exact) mass is 380 g/mol. The largest absolute Gasteiger partial charge is 0.488 e. The van der Waals surface area contributed by atoms with Gasteiger partial charge >= 0.3 is 0 Å². The molecule has 3 rings (SSSR count). The number of halogens is 1. The molecule has 4 nitrogen and oxygen atoms in total. The van der Waals surface area contributed by atoms with Crippen LogP contribution in [0.1, 0.15) is 32.6 Å². The van der Waals surface area contributed by atoms with E-state index < -0.39 is 0 Å². The van der Waals surface area contributed by atoms with E-state index in [1.54, 1.807) is 24.5 Å². The average molecular weight is 381 g/mol. The van der Waals surface area contributed by atoms with Crippen molar-refractivity contribution in [3.63, 3.8) is 0 Å². The second-order valence-corrected chi connectivity index (χ2v) is 6.94. The Morgan fingerprint density at radius 1 is 1.07 bits per heavy atom. The third-order valence-corrected chi connectivity index (χ3v) is 4.51. The maximum Gasteiger partial charge on any atom is 0.255 e. The van der Waals surface area contributed by atoms with Gasteiger partial charge in [-0.25, -0.2) is 0 Å². The van der Waals surface area contributed by atoms with E-state index in [2.05, 4.69) is 10.3 Å². The van der Waals surface area contributed by atoms with E-state index in [1.165, 1.54) is 0 Å². The number of pyridine rings is 1. The minimum Gasteiger partial charge on any atom is -0.488 e. The van der Waals surface area contributed by atoms with Crippen molar-refractivity contribution >= 4 is 23.2 Å². The summed E-state index contributed by atoms with van der Waals surface area (Å²) in [6.07, 6.45) is 3.51. The molecule has 1 aromatic heterocycles. The van der Waals surface area contributed by atoms with E-state index in [9.17, 15) is 4.79 Å². The Labute approximate surface area is 164 Å². The summed E-state index contributed by atoms with van der Waals surface area (Å²) < 4.78 is 5.95. The molecule has 3 aromatic rings. The van der Waals surface area contributed by atoms with Gasteiger partial charge < -0.3 is 10.1 Å². The molecule has 0 radical (unpaired) electrons. The number of rotatable bonds is 5. The van der Waals surface area contributed by atoms with Crippen molar-refractivity contribution < 1.29 is 9.53 Å². The smallest absolute Gasteiger partial charge is 0.255 e. The lowest BCUT2D eigenvalue weighted by Crippen LogP contribution is -2.13. The van der Waals surface area contributed by atoms with Crippen LogP contribution in [0.4, 0.5) is 5.69 Å². The van der Waals surface area contributed by atoms with E-state index in [4.69, 9.17) is 16.3 Å². The molecule has 27 heavy (non-hydrogen) atoms. The zero-order chi connectivity index (χ0) is 19.4. The zero-order valence-corrected chi connectivity index (χ0v) is 16.3. The van der Waals surface area contributed by atoms with Crippen LogP contribution in [0.15, 0.2) is 54.9 Å². The number of hydrogen-bond donors (Lipinski definition) is 1. The van der Waals surface area contributed by atoms with E-state index in [-0.39, 0.29) is 5.91 Å². The van der Waals surface area contributed by atoms with Gasteiger partial charge in [0.15, 0.2) is 0 Å². The second kappa shape index (κ2) is 8.23. The van der Waals surface area contributed by atoms with Crippen molar-refractivity contribution in [1.29, 1.82) is 0 Å². The minimum absolute atomic E-state index is 0.176. The SMILES string of the molecule is Cc1ccc(Cl)cc1NC(=O)c1cc(C)c(OCc2cccnc2)c(C)c1. The van der Waals surface area contributed by atoms with Crippen LogP contribution < -0.4 is 10.1 Å². The third kappa shape index (κ3) is 4.66. The Kier molecular flexibility index (Phi) is 5.77. The fraction of sp³-hybridized carbons (Fsp3) is 0.182. The lowest BCUT2D eigenvalue weighted by atomic mass is 10.0. The minimum atomic E-state index is -0.176. The van der Waals surface area contributed by atoms with Crippen molar-refractivity contribution in [3.05, 3.63) is 87.7 Å². The topological polar surface area (TPSA) is 51.2 Å². The summed E-state index contributed by atoms with van der Waals surface area (Å²) in [7, 11) is 0. The van der Waals surface area contributed by atoms with Crippen LogP contribution in [-0.2, 0) is 6.61 Å². The number of hydrogen-bond acceptors (Lipinski definition) is 3. The Morgan fingerprint density at radius 3 is 2.48 bits per heavy atom. The van der Waals surface area contributed by atoms with Crippen LogP contribution in [0.3, 0.4) is 0 Å². The molecule has 0 fully saturated rings. The Bertz CT molecular complexity index is 948. The predicted molar refractivity (Wildman–Crippen MR) is 109 cm³/mol. The van der Waals surface area contributed by atoms with Gasteiger partial charge in [-0.15, -0.1) is 0 Å². The number of aryl methyl sites for hydroxylation is 3. The molecular formula is C22H21ClN2O2. The van der Waals surface area contributed by atoms with Crippen molar-refractivity contribution in [2.45, 2.75) is 27.4 Å². The highest BCUT2D eigenvalue weighted by Gasteiger charge is 2.13. The van der Waals surface area contributed by atoms with Gasteiger partial charge in [0.2, 0.25) is 0 Å².